The molecular weight excluding hydrogens is 254 g/mol. The molecule has 2 nitrogen and oxygen atoms in total. The third-order valence-corrected chi connectivity index (χ3v) is 4.51. The van der Waals surface area contributed by atoms with Gasteiger partial charge in [-0.3, -0.25) is 9.97 Å². The van der Waals surface area contributed by atoms with E-state index >= 15 is 0 Å². The highest BCUT2D eigenvalue weighted by Crippen LogP contribution is 2.39. The van der Waals surface area contributed by atoms with Crippen molar-refractivity contribution >= 4 is 15.7 Å². The fourth-order valence-electron chi connectivity index (χ4n) is 3.29. The summed E-state index contributed by atoms with van der Waals surface area (Å²) in [6.45, 7) is 0. The molecule has 4 radical (unpaired) electrons. The molecule has 1 aliphatic carbocycles. The monoisotopic (exact) mass is 272 g/mol. The van der Waals surface area contributed by atoms with E-state index in [4.69, 9.17) is 15.7 Å². The second kappa shape index (κ2) is 6.05. The number of hydrogen-bond acceptors (Lipinski definition) is 2. The SMILES string of the molecule is [B]C([B])(c1cccnc1-c1ccncc1)C1CCCCC1. The lowest BCUT2D eigenvalue weighted by Crippen LogP contribution is -2.38. The average Bonchev–Trinajstić information content (AvgIpc) is 2.56. The van der Waals surface area contributed by atoms with E-state index in [1.807, 2.05) is 24.3 Å². The molecule has 0 bridgehead atoms. The molecule has 0 atom stereocenters. The van der Waals surface area contributed by atoms with Crippen LogP contribution in [0.5, 0.6) is 0 Å². The summed E-state index contributed by atoms with van der Waals surface area (Å²) in [5.74, 6) is 0.316. The minimum Gasteiger partial charge on any atom is -0.265 e. The first-order valence-electron chi connectivity index (χ1n) is 7.63. The van der Waals surface area contributed by atoms with Gasteiger partial charge < -0.3 is 0 Å². The second-order valence-electron chi connectivity index (χ2n) is 5.90. The largest absolute Gasteiger partial charge is 0.265 e. The second-order valence-corrected chi connectivity index (χ2v) is 5.90. The first kappa shape index (κ1) is 14.4. The molecule has 1 aliphatic rings. The molecule has 2 aromatic rings. The third-order valence-electron chi connectivity index (χ3n) is 4.51. The van der Waals surface area contributed by atoms with Crippen molar-refractivity contribution in [1.29, 1.82) is 0 Å². The summed E-state index contributed by atoms with van der Waals surface area (Å²) in [6, 6.07) is 7.82. The molecular formula is C17H18B2N2. The summed E-state index contributed by atoms with van der Waals surface area (Å²) in [7, 11) is 13.1. The Bertz CT molecular complexity index is 593. The van der Waals surface area contributed by atoms with Gasteiger partial charge in [0.15, 0.2) is 0 Å². The van der Waals surface area contributed by atoms with Crippen molar-refractivity contribution in [3.8, 4) is 11.3 Å². The lowest BCUT2D eigenvalue weighted by molar-refractivity contribution is 0.327. The van der Waals surface area contributed by atoms with Crippen LogP contribution in [0, 0.1) is 5.92 Å². The van der Waals surface area contributed by atoms with E-state index in [1.54, 1.807) is 18.6 Å². The maximum absolute atomic E-state index is 6.57. The van der Waals surface area contributed by atoms with Gasteiger partial charge in [0.2, 0.25) is 0 Å². The molecule has 3 rings (SSSR count). The Morgan fingerprint density at radius 1 is 0.952 bits per heavy atom. The molecule has 21 heavy (non-hydrogen) atoms. The number of hydrogen-bond donors (Lipinski definition) is 0. The normalized spacial score (nSPS) is 16.8. The number of aromatic nitrogens is 2. The van der Waals surface area contributed by atoms with E-state index in [9.17, 15) is 0 Å². The van der Waals surface area contributed by atoms with Gasteiger partial charge in [-0.1, -0.05) is 43.4 Å². The molecule has 1 saturated carbocycles. The topological polar surface area (TPSA) is 25.8 Å². The van der Waals surface area contributed by atoms with E-state index in [-0.39, 0.29) is 0 Å². The smallest absolute Gasteiger partial charge is 0.0725 e. The Hall–Kier alpha value is -1.57. The first-order chi connectivity index (χ1) is 10.2. The van der Waals surface area contributed by atoms with E-state index < -0.39 is 5.21 Å². The molecule has 0 aromatic carbocycles. The Balaban J connectivity index is 2.02. The number of pyridine rings is 2. The molecule has 1 fully saturated rings. The Morgan fingerprint density at radius 2 is 1.67 bits per heavy atom. The lowest BCUT2D eigenvalue weighted by atomic mass is 9.43. The predicted octanol–water partition coefficient (Wildman–Crippen LogP) is 3.21. The van der Waals surface area contributed by atoms with Crippen molar-refractivity contribution in [2.24, 2.45) is 5.92 Å². The van der Waals surface area contributed by atoms with Gasteiger partial charge in [-0.15, -0.1) is 0 Å². The summed E-state index contributed by atoms with van der Waals surface area (Å²) in [6.07, 6.45) is 11.2. The lowest BCUT2D eigenvalue weighted by Gasteiger charge is -2.39. The minimum atomic E-state index is -0.826. The predicted molar refractivity (Wildman–Crippen MR) is 87.2 cm³/mol. The van der Waals surface area contributed by atoms with Gasteiger partial charge in [0.05, 0.1) is 21.4 Å². The maximum Gasteiger partial charge on any atom is 0.0725 e. The van der Waals surface area contributed by atoms with Crippen molar-refractivity contribution in [3.05, 3.63) is 48.4 Å². The van der Waals surface area contributed by atoms with Crippen LogP contribution in [0.25, 0.3) is 11.3 Å². The summed E-state index contributed by atoms with van der Waals surface area (Å²) >= 11 is 0. The summed E-state index contributed by atoms with van der Waals surface area (Å²) in [5.41, 5.74) is 2.82. The van der Waals surface area contributed by atoms with Gasteiger partial charge in [-0.25, -0.2) is 0 Å². The maximum atomic E-state index is 6.57. The van der Waals surface area contributed by atoms with Crippen molar-refractivity contribution in [2.45, 2.75) is 37.3 Å². The van der Waals surface area contributed by atoms with Gasteiger partial charge >= 0.3 is 0 Å². The summed E-state index contributed by atoms with van der Waals surface area (Å²) in [4.78, 5) is 8.58. The standard InChI is InChI=1S/C17H18B2N2/c18-17(19,14-5-2-1-3-6-14)15-7-4-10-21-16(15)13-8-11-20-12-9-13/h4,7-12,14H,1-3,5-6H2. The van der Waals surface area contributed by atoms with Crippen LogP contribution in [0.3, 0.4) is 0 Å². The zero-order valence-corrected chi connectivity index (χ0v) is 12.2. The van der Waals surface area contributed by atoms with Crippen LogP contribution in [-0.4, -0.2) is 25.7 Å². The molecule has 0 amide bonds. The molecule has 4 heteroatoms. The molecule has 102 valence electrons. The first-order valence-corrected chi connectivity index (χ1v) is 7.63. The molecule has 0 spiro atoms. The van der Waals surface area contributed by atoms with E-state index in [2.05, 4.69) is 9.97 Å². The van der Waals surface area contributed by atoms with Crippen LogP contribution in [0.2, 0.25) is 0 Å². The summed E-state index contributed by atoms with van der Waals surface area (Å²) in [5, 5.41) is -0.826. The number of nitrogens with zero attached hydrogens (tertiary/aromatic N) is 2. The van der Waals surface area contributed by atoms with Crippen LogP contribution in [0.1, 0.15) is 37.7 Å². The Labute approximate surface area is 129 Å². The zero-order valence-electron chi connectivity index (χ0n) is 12.2. The van der Waals surface area contributed by atoms with Gasteiger partial charge in [0.25, 0.3) is 0 Å². The van der Waals surface area contributed by atoms with Gasteiger partial charge in [-0.2, -0.15) is 0 Å². The highest BCUT2D eigenvalue weighted by molar-refractivity contribution is 6.40. The van der Waals surface area contributed by atoms with Crippen LogP contribution in [0.15, 0.2) is 42.9 Å². The summed E-state index contributed by atoms with van der Waals surface area (Å²) < 4.78 is 0. The molecule has 0 unspecified atom stereocenters. The van der Waals surface area contributed by atoms with Crippen molar-refractivity contribution < 1.29 is 0 Å². The van der Waals surface area contributed by atoms with Crippen LogP contribution in [-0.2, 0) is 5.21 Å². The highest BCUT2D eigenvalue weighted by Gasteiger charge is 2.33. The Kier molecular flexibility index (Phi) is 4.14. The van der Waals surface area contributed by atoms with Crippen LogP contribution >= 0.6 is 0 Å². The van der Waals surface area contributed by atoms with E-state index in [1.165, 1.54) is 19.3 Å². The molecule has 0 saturated heterocycles. The minimum absolute atomic E-state index is 0.316. The van der Waals surface area contributed by atoms with Crippen LogP contribution in [0.4, 0.5) is 0 Å². The molecule has 2 aromatic heterocycles. The van der Waals surface area contributed by atoms with Gasteiger partial charge in [0, 0.05) is 24.2 Å². The van der Waals surface area contributed by atoms with Gasteiger partial charge in [0.1, 0.15) is 0 Å². The number of rotatable bonds is 3. The van der Waals surface area contributed by atoms with Crippen LogP contribution < -0.4 is 0 Å². The molecule has 0 aliphatic heterocycles. The van der Waals surface area contributed by atoms with E-state index in [0.717, 1.165) is 29.7 Å². The van der Waals surface area contributed by atoms with Crippen molar-refractivity contribution in [1.82, 2.24) is 9.97 Å². The van der Waals surface area contributed by atoms with Gasteiger partial charge in [-0.05, 0) is 29.7 Å². The zero-order chi connectivity index (χ0) is 14.7. The fraction of sp³-hybridized carbons (Fsp3) is 0.412. The molecule has 2 heterocycles. The Morgan fingerprint density at radius 3 is 2.38 bits per heavy atom. The quantitative estimate of drug-likeness (QED) is 0.802. The van der Waals surface area contributed by atoms with Crippen molar-refractivity contribution in [3.63, 3.8) is 0 Å². The third kappa shape index (κ3) is 2.90. The van der Waals surface area contributed by atoms with E-state index in [0.29, 0.717) is 5.92 Å². The van der Waals surface area contributed by atoms with Crippen molar-refractivity contribution in [2.75, 3.05) is 0 Å². The average molecular weight is 272 g/mol. The highest BCUT2D eigenvalue weighted by atomic mass is 14.7. The molecule has 0 N–H and O–H groups in total. The fourth-order valence-corrected chi connectivity index (χ4v) is 3.29.